The summed E-state index contributed by atoms with van der Waals surface area (Å²) in [6.45, 7) is 2.06. The standard InChI is InChI=1S/C15H16ClN5O/c1-9(17-2)7-13-19-15(22-21-13)12-8-18-20-14(12)10-3-5-11(16)6-4-10/h3-6,8-9,17H,7H2,1-2H3,(H,18,20). The average molecular weight is 318 g/mol. The molecule has 1 unspecified atom stereocenters. The summed E-state index contributed by atoms with van der Waals surface area (Å²) in [6.07, 6.45) is 2.39. The number of aromatic amines is 1. The summed E-state index contributed by atoms with van der Waals surface area (Å²) >= 11 is 5.92. The minimum atomic E-state index is 0.283. The van der Waals surface area contributed by atoms with Gasteiger partial charge in [-0.3, -0.25) is 5.10 Å². The molecule has 6 nitrogen and oxygen atoms in total. The number of nitrogens with one attached hydrogen (secondary N) is 2. The summed E-state index contributed by atoms with van der Waals surface area (Å²) < 4.78 is 5.37. The monoisotopic (exact) mass is 317 g/mol. The van der Waals surface area contributed by atoms with E-state index in [4.69, 9.17) is 16.1 Å². The number of H-pyrrole nitrogens is 1. The van der Waals surface area contributed by atoms with Crippen LogP contribution >= 0.6 is 11.6 Å². The van der Waals surface area contributed by atoms with E-state index in [1.165, 1.54) is 0 Å². The molecule has 114 valence electrons. The van der Waals surface area contributed by atoms with E-state index in [-0.39, 0.29) is 6.04 Å². The van der Waals surface area contributed by atoms with Crippen molar-refractivity contribution in [1.29, 1.82) is 0 Å². The van der Waals surface area contributed by atoms with Crippen molar-refractivity contribution in [3.8, 4) is 22.7 Å². The Kier molecular flexibility index (Phi) is 4.22. The third-order valence-electron chi connectivity index (χ3n) is 3.45. The van der Waals surface area contributed by atoms with Gasteiger partial charge in [0.25, 0.3) is 5.89 Å². The molecule has 2 N–H and O–H groups in total. The fourth-order valence-electron chi connectivity index (χ4n) is 2.11. The maximum Gasteiger partial charge on any atom is 0.261 e. The predicted molar refractivity (Wildman–Crippen MR) is 84.6 cm³/mol. The van der Waals surface area contributed by atoms with Crippen molar-refractivity contribution in [1.82, 2.24) is 25.7 Å². The van der Waals surface area contributed by atoms with Crippen molar-refractivity contribution >= 4 is 11.6 Å². The molecule has 0 aliphatic heterocycles. The molecule has 0 saturated carbocycles. The molecule has 3 rings (SSSR count). The Balaban J connectivity index is 1.90. The number of likely N-dealkylation sites (N-methyl/N-ethyl adjacent to an activating group) is 1. The normalized spacial score (nSPS) is 12.5. The number of benzene rings is 1. The van der Waals surface area contributed by atoms with Crippen LogP contribution in [0.15, 0.2) is 35.0 Å². The summed E-state index contributed by atoms with van der Waals surface area (Å²) in [4.78, 5) is 4.44. The van der Waals surface area contributed by atoms with Crippen molar-refractivity contribution in [3.63, 3.8) is 0 Å². The van der Waals surface area contributed by atoms with Gasteiger partial charge in [0.1, 0.15) is 0 Å². The lowest BCUT2D eigenvalue weighted by atomic mass is 10.1. The zero-order valence-electron chi connectivity index (χ0n) is 12.3. The molecule has 22 heavy (non-hydrogen) atoms. The van der Waals surface area contributed by atoms with Gasteiger partial charge in [-0.05, 0) is 26.1 Å². The smallest absolute Gasteiger partial charge is 0.261 e. The van der Waals surface area contributed by atoms with Crippen LogP contribution < -0.4 is 5.32 Å². The van der Waals surface area contributed by atoms with E-state index in [1.807, 2.05) is 31.3 Å². The van der Waals surface area contributed by atoms with E-state index in [0.717, 1.165) is 16.8 Å². The van der Waals surface area contributed by atoms with Crippen LogP contribution in [0.5, 0.6) is 0 Å². The third-order valence-corrected chi connectivity index (χ3v) is 3.70. The summed E-state index contributed by atoms with van der Waals surface area (Å²) in [5.41, 5.74) is 2.56. The van der Waals surface area contributed by atoms with E-state index in [0.29, 0.717) is 23.2 Å². The maximum absolute atomic E-state index is 5.92. The summed E-state index contributed by atoms with van der Waals surface area (Å²) in [5, 5.41) is 14.9. The van der Waals surface area contributed by atoms with Gasteiger partial charge in [-0.15, -0.1) is 0 Å². The largest absolute Gasteiger partial charge is 0.334 e. The van der Waals surface area contributed by atoms with Crippen LogP contribution in [0, 0.1) is 0 Å². The molecule has 0 radical (unpaired) electrons. The second-order valence-corrected chi connectivity index (χ2v) is 5.51. The first-order valence-electron chi connectivity index (χ1n) is 6.97. The van der Waals surface area contributed by atoms with Gasteiger partial charge < -0.3 is 9.84 Å². The van der Waals surface area contributed by atoms with E-state index in [9.17, 15) is 0 Å². The van der Waals surface area contributed by atoms with E-state index < -0.39 is 0 Å². The zero-order chi connectivity index (χ0) is 15.5. The molecular weight excluding hydrogens is 302 g/mol. The van der Waals surface area contributed by atoms with Gasteiger partial charge in [-0.1, -0.05) is 28.9 Å². The summed E-state index contributed by atoms with van der Waals surface area (Å²) in [7, 11) is 1.90. The van der Waals surface area contributed by atoms with Gasteiger partial charge in [0.05, 0.1) is 17.5 Å². The highest BCUT2D eigenvalue weighted by atomic mass is 35.5. The second-order valence-electron chi connectivity index (χ2n) is 5.08. The highest BCUT2D eigenvalue weighted by molar-refractivity contribution is 6.30. The van der Waals surface area contributed by atoms with Crippen LogP contribution in [-0.2, 0) is 6.42 Å². The molecule has 2 aromatic heterocycles. The Bertz CT molecular complexity index is 749. The topological polar surface area (TPSA) is 79.6 Å². The van der Waals surface area contributed by atoms with Crippen LogP contribution in [0.4, 0.5) is 0 Å². The van der Waals surface area contributed by atoms with Gasteiger partial charge in [0.2, 0.25) is 0 Å². The number of aromatic nitrogens is 4. The Morgan fingerprint density at radius 3 is 2.82 bits per heavy atom. The second kappa shape index (κ2) is 6.29. The SMILES string of the molecule is CNC(C)Cc1noc(-c2cn[nH]c2-c2ccc(Cl)cc2)n1. The summed E-state index contributed by atoms with van der Waals surface area (Å²) in [6, 6.07) is 7.77. The van der Waals surface area contributed by atoms with E-state index in [1.54, 1.807) is 6.20 Å². The van der Waals surface area contributed by atoms with Crippen molar-refractivity contribution in [2.75, 3.05) is 7.05 Å². The van der Waals surface area contributed by atoms with E-state index >= 15 is 0 Å². The molecular formula is C15H16ClN5O. The van der Waals surface area contributed by atoms with E-state index in [2.05, 4.69) is 32.6 Å². The van der Waals surface area contributed by atoms with Crippen LogP contribution in [0.25, 0.3) is 22.7 Å². The highest BCUT2D eigenvalue weighted by Crippen LogP contribution is 2.29. The molecule has 0 bridgehead atoms. The molecule has 0 spiro atoms. The Morgan fingerprint density at radius 2 is 2.09 bits per heavy atom. The minimum absolute atomic E-state index is 0.283. The number of halogens is 1. The number of hydrogen-bond donors (Lipinski definition) is 2. The first-order chi connectivity index (χ1) is 10.7. The number of hydrogen-bond acceptors (Lipinski definition) is 5. The Hall–Kier alpha value is -2.18. The molecule has 0 fully saturated rings. The molecule has 7 heteroatoms. The van der Waals surface area contributed by atoms with Crippen LogP contribution in [-0.4, -0.2) is 33.4 Å². The van der Waals surface area contributed by atoms with Crippen LogP contribution in [0.2, 0.25) is 5.02 Å². The fraction of sp³-hybridized carbons (Fsp3) is 0.267. The van der Waals surface area contributed by atoms with Crippen LogP contribution in [0.3, 0.4) is 0 Å². The van der Waals surface area contributed by atoms with Crippen molar-refractivity contribution < 1.29 is 4.52 Å². The van der Waals surface area contributed by atoms with Crippen molar-refractivity contribution in [2.45, 2.75) is 19.4 Å². The number of nitrogens with zero attached hydrogens (tertiary/aromatic N) is 3. The first kappa shape index (κ1) is 14.7. The predicted octanol–water partition coefficient (Wildman–Crippen LogP) is 2.93. The average Bonchev–Trinajstić information content (AvgIpc) is 3.16. The van der Waals surface area contributed by atoms with Crippen LogP contribution in [0.1, 0.15) is 12.7 Å². The third kappa shape index (κ3) is 3.03. The Labute approximate surface area is 132 Å². The molecule has 1 aromatic carbocycles. The summed E-state index contributed by atoms with van der Waals surface area (Å²) in [5.74, 6) is 1.12. The minimum Gasteiger partial charge on any atom is -0.334 e. The fourth-order valence-corrected chi connectivity index (χ4v) is 2.23. The first-order valence-corrected chi connectivity index (χ1v) is 7.34. The quantitative estimate of drug-likeness (QED) is 0.756. The van der Waals surface area contributed by atoms with Crippen molar-refractivity contribution in [3.05, 3.63) is 41.3 Å². The molecule has 0 aliphatic carbocycles. The molecule has 0 saturated heterocycles. The van der Waals surface area contributed by atoms with Gasteiger partial charge in [-0.25, -0.2) is 0 Å². The zero-order valence-corrected chi connectivity index (χ0v) is 13.1. The van der Waals surface area contributed by atoms with Crippen molar-refractivity contribution in [2.24, 2.45) is 0 Å². The molecule has 2 heterocycles. The van der Waals surface area contributed by atoms with Gasteiger partial charge in [0, 0.05) is 23.0 Å². The lowest BCUT2D eigenvalue weighted by Gasteiger charge is -2.04. The maximum atomic E-state index is 5.92. The lowest BCUT2D eigenvalue weighted by Crippen LogP contribution is -2.24. The molecule has 0 aliphatic rings. The van der Waals surface area contributed by atoms with Gasteiger partial charge in [0.15, 0.2) is 5.82 Å². The molecule has 3 aromatic rings. The lowest BCUT2D eigenvalue weighted by molar-refractivity contribution is 0.418. The molecule has 0 amide bonds. The Morgan fingerprint density at radius 1 is 1.32 bits per heavy atom. The number of rotatable bonds is 5. The molecule has 1 atom stereocenters. The van der Waals surface area contributed by atoms with Gasteiger partial charge >= 0.3 is 0 Å². The van der Waals surface area contributed by atoms with Gasteiger partial charge in [-0.2, -0.15) is 10.1 Å². The highest BCUT2D eigenvalue weighted by Gasteiger charge is 2.17.